The highest BCUT2D eigenvalue weighted by molar-refractivity contribution is 7.52. The highest BCUT2D eigenvalue weighted by Crippen LogP contribution is 2.44. The average Bonchev–Trinajstić information content (AvgIpc) is 3.12. The van der Waals surface area contributed by atoms with Gasteiger partial charge in [-0.1, -0.05) is 42.0 Å². The van der Waals surface area contributed by atoms with Gasteiger partial charge in [0.05, 0.1) is 5.39 Å². The summed E-state index contributed by atoms with van der Waals surface area (Å²) in [5.74, 6) is -1.37. The van der Waals surface area contributed by atoms with Crippen LogP contribution in [-0.4, -0.2) is 25.5 Å². The fourth-order valence-corrected chi connectivity index (χ4v) is 4.87. The lowest BCUT2D eigenvalue weighted by Gasteiger charge is -2.21. The molecule has 9 heteroatoms. The third-order valence-corrected chi connectivity index (χ3v) is 6.91. The molecule has 0 aliphatic rings. The molecule has 0 radical (unpaired) electrons. The minimum absolute atomic E-state index is 0.0531. The Labute approximate surface area is 176 Å². The molecule has 0 aliphatic heterocycles. The molecule has 2 heterocycles. The quantitative estimate of drug-likeness (QED) is 0.365. The van der Waals surface area contributed by atoms with Gasteiger partial charge in [-0.2, -0.15) is 0 Å². The molecule has 0 saturated heterocycles. The van der Waals surface area contributed by atoms with Gasteiger partial charge in [-0.05, 0) is 36.2 Å². The van der Waals surface area contributed by atoms with Crippen LogP contribution in [0, 0.1) is 12.7 Å². The van der Waals surface area contributed by atoms with Crippen molar-refractivity contribution in [2.75, 3.05) is 5.32 Å². The first-order valence-electron chi connectivity index (χ1n) is 9.17. The van der Waals surface area contributed by atoms with Crippen LogP contribution in [0.5, 0.6) is 0 Å². The van der Waals surface area contributed by atoms with E-state index in [0.29, 0.717) is 21.6 Å². The number of nitrogens with zero attached hydrogens (tertiary/aromatic N) is 2. The van der Waals surface area contributed by atoms with Gasteiger partial charge >= 0.3 is 7.60 Å². The summed E-state index contributed by atoms with van der Waals surface area (Å²) in [6.45, 7) is 2.02. The van der Waals surface area contributed by atoms with E-state index in [1.807, 2.05) is 37.3 Å². The van der Waals surface area contributed by atoms with Crippen LogP contribution < -0.4 is 5.32 Å². The second kappa shape index (κ2) is 8.24. The third-order valence-electron chi connectivity index (χ3n) is 4.69. The molecule has 4 aromatic rings. The minimum atomic E-state index is -4.55. The number of fused-ring (bicyclic) bond motifs is 1. The summed E-state index contributed by atoms with van der Waals surface area (Å²) in [6.07, 6.45) is 1.31. The molecule has 2 aromatic heterocycles. The number of hydrogen-bond donors (Lipinski definition) is 3. The highest BCUT2D eigenvalue weighted by Gasteiger charge is 2.30. The Morgan fingerprint density at radius 1 is 1.13 bits per heavy atom. The maximum Gasteiger partial charge on any atom is 0.347 e. The number of thiophene rings is 1. The topological polar surface area (TPSA) is 95.3 Å². The summed E-state index contributed by atoms with van der Waals surface area (Å²) in [6, 6.07) is 15.7. The van der Waals surface area contributed by atoms with Crippen LogP contribution in [0.3, 0.4) is 0 Å². The smallest absolute Gasteiger partial charge is 0.347 e. The number of halogens is 1. The van der Waals surface area contributed by atoms with Gasteiger partial charge in [0.25, 0.3) is 0 Å². The van der Waals surface area contributed by atoms with E-state index in [2.05, 4.69) is 15.3 Å². The van der Waals surface area contributed by atoms with Crippen molar-refractivity contribution in [3.63, 3.8) is 0 Å². The number of aromatic nitrogens is 2. The Morgan fingerprint density at radius 2 is 1.90 bits per heavy atom. The van der Waals surface area contributed by atoms with E-state index in [0.717, 1.165) is 16.0 Å². The first-order valence-corrected chi connectivity index (χ1v) is 11.7. The van der Waals surface area contributed by atoms with E-state index in [4.69, 9.17) is 0 Å². The van der Waals surface area contributed by atoms with E-state index >= 15 is 0 Å². The lowest BCUT2D eigenvalue weighted by molar-refractivity contribution is 0.361. The minimum Gasteiger partial charge on any atom is -0.355 e. The molecule has 1 atom stereocenters. The normalized spacial score (nSPS) is 12.8. The van der Waals surface area contributed by atoms with Gasteiger partial charge in [-0.15, -0.1) is 11.3 Å². The average molecular weight is 443 g/mol. The number of anilines is 1. The van der Waals surface area contributed by atoms with Crippen molar-refractivity contribution < 1.29 is 18.7 Å². The lowest BCUT2D eigenvalue weighted by atomic mass is 10.1. The fourth-order valence-electron chi connectivity index (χ4n) is 3.13. The van der Waals surface area contributed by atoms with E-state index < -0.39 is 19.2 Å². The van der Waals surface area contributed by atoms with Gasteiger partial charge in [0.15, 0.2) is 0 Å². The summed E-state index contributed by atoms with van der Waals surface area (Å²) in [7, 11) is -4.55. The summed E-state index contributed by atoms with van der Waals surface area (Å²) in [5.41, 5.74) is 2.66. The van der Waals surface area contributed by atoms with Crippen LogP contribution in [0.2, 0.25) is 0 Å². The van der Waals surface area contributed by atoms with Gasteiger partial charge in [-0.3, -0.25) is 4.57 Å². The number of rotatable bonds is 6. The largest absolute Gasteiger partial charge is 0.355 e. The van der Waals surface area contributed by atoms with Gasteiger partial charge in [-0.25, -0.2) is 14.4 Å². The monoisotopic (exact) mass is 443 g/mol. The summed E-state index contributed by atoms with van der Waals surface area (Å²) >= 11 is 1.48. The molecule has 0 fully saturated rings. The van der Waals surface area contributed by atoms with Crippen molar-refractivity contribution in [3.05, 3.63) is 77.9 Å². The molecular weight excluding hydrogens is 424 g/mol. The second-order valence-electron chi connectivity index (χ2n) is 7.00. The Kier molecular flexibility index (Phi) is 5.66. The zero-order valence-corrected chi connectivity index (χ0v) is 17.7. The van der Waals surface area contributed by atoms with E-state index in [9.17, 15) is 18.7 Å². The molecule has 4 rings (SSSR count). The number of aryl methyl sites for hydroxylation is 1. The molecule has 30 heavy (non-hydrogen) atoms. The molecule has 6 nitrogen and oxygen atoms in total. The standard InChI is InChI=1S/C21H19FN3O3PS/c1-13-5-7-15(8-6-13)18-11-17-20(23-12-24-21(17)30-18)25-19(29(26,27)28)10-14-3-2-4-16(22)9-14/h2-9,11-12,19H,10H2,1H3,(H,23,24,25)(H2,26,27,28)/t19-/m1/s1. The molecule has 2 aromatic carbocycles. The van der Waals surface area contributed by atoms with Crippen molar-refractivity contribution in [2.45, 2.75) is 19.1 Å². The molecule has 0 bridgehead atoms. The highest BCUT2D eigenvalue weighted by atomic mass is 32.1. The number of hydrogen-bond acceptors (Lipinski definition) is 5. The molecule has 3 N–H and O–H groups in total. The Hall–Kier alpha value is -2.64. The maximum absolute atomic E-state index is 13.5. The van der Waals surface area contributed by atoms with Crippen molar-refractivity contribution in [2.24, 2.45) is 0 Å². The molecule has 0 unspecified atom stereocenters. The first-order chi connectivity index (χ1) is 14.3. The summed E-state index contributed by atoms with van der Waals surface area (Å²) in [5, 5.41) is 3.55. The Morgan fingerprint density at radius 3 is 2.60 bits per heavy atom. The van der Waals surface area contributed by atoms with Crippen molar-refractivity contribution in [1.82, 2.24) is 9.97 Å². The van der Waals surface area contributed by atoms with Gasteiger partial charge in [0, 0.05) is 11.3 Å². The van der Waals surface area contributed by atoms with Crippen LogP contribution in [-0.2, 0) is 11.0 Å². The second-order valence-corrected chi connectivity index (χ2v) is 9.83. The van der Waals surface area contributed by atoms with Crippen LogP contribution in [0.4, 0.5) is 10.2 Å². The van der Waals surface area contributed by atoms with Crippen LogP contribution in [0.1, 0.15) is 11.1 Å². The molecule has 0 amide bonds. The fraction of sp³-hybridized carbons (Fsp3) is 0.143. The van der Waals surface area contributed by atoms with Crippen LogP contribution in [0.15, 0.2) is 60.9 Å². The first kappa shape index (κ1) is 20.6. The zero-order valence-electron chi connectivity index (χ0n) is 16.0. The molecular formula is C21H19FN3O3PS. The van der Waals surface area contributed by atoms with Gasteiger partial charge in [0.2, 0.25) is 0 Å². The summed E-state index contributed by atoms with van der Waals surface area (Å²) < 4.78 is 25.6. The van der Waals surface area contributed by atoms with E-state index in [1.165, 1.54) is 35.9 Å². The van der Waals surface area contributed by atoms with Gasteiger partial charge < -0.3 is 15.1 Å². The van der Waals surface area contributed by atoms with E-state index in [-0.39, 0.29) is 6.42 Å². The SMILES string of the molecule is Cc1ccc(-c2cc3c(N[C@@H](Cc4cccc(F)c4)P(=O)(O)O)ncnc3s2)cc1. The van der Waals surface area contributed by atoms with Crippen molar-refractivity contribution in [1.29, 1.82) is 0 Å². The lowest BCUT2D eigenvalue weighted by Crippen LogP contribution is -2.23. The van der Waals surface area contributed by atoms with E-state index in [1.54, 1.807) is 6.07 Å². The number of benzene rings is 2. The zero-order chi connectivity index (χ0) is 21.3. The molecule has 154 valence electrons. The van der Waals surface area contributed by atoms with Crippen molar-refractivity contribution in [3.8, 4) is 10.4 Å². The third kappa shape index (κ3) is 4.57. The molecule has 0 spiro atoms. The molecule has 0 aliphatic carbocycles. The number of nitrogens with one attached hydrogen (secondary N) is 1. The predicted octanol–water partition coefficient (Wildman–Crippen LogP) is 4.96. The van der Waals surface area contributed by atoms with Crippen molar-refractivity contribution >= 4 is 35.0 Å². The van der Waals surface area contributed by atoms with Gasteiger partial charge in [0.1, 0.15) is 28.6 Å². The Bertz CT molecular complexity index is 1240. The summed E-state index contributed by atoms with van der Waals surface area (Å²) in [4.78, 5) is 29.9. The van der Waals surface area contributed by atoms with Crippen LogP contribution in [0.25, 0.3) is 20.7 Å². The predicted molar refractivity (Wildman–Crippen MR) is 117 cm³/mol. The Balaban J connectivity index is 1.68. The van der Waals surface area contributed by atoms with Crippen LogP contribution >= 0.6 is 18.9 Å². The maximum atomic E-state index is 13.5. The molecule has 0 saturated carbocycles.